The molecule has 0 N–H and O–H groups in total. The third kappa shape index (κ3) is 6.00. The Morgan fingerprint density at radius 2 is 0.629 bits per heavy atom. The van der Waals surface area contributed by atoms with Gasteiger partial charge in [-0.25, -0.2) is 0 Å². The molecule has 14 rings (SSSR count). The third-order valence-corrected chi connectivity index (χ3v) is 19.5. The first-order valence-electron chi connectivity index (χ1n) is 24.2. The minimum absolute atomic E-state index is 1.12. The van der Waals surface area contributed by atoms with Crippen molar-refractivity contribution in [3.05, 3.63) is 273 Å². The number of rotatable bonds is 8. The molecule has 14 aromatic rings. The van der Waals surface area contributed by atoms with Gasteiger partial charge in [0.1, 0.15) is 0 Å². The van der Waals surface area contributed by atoms with Crippen molar-refractivity contribution in [3.63, 3.8) is 0 Å². The van der Waals surface area contributed by atoms with Crippen molar-refractivity contribution in [1.29, 1.82) is 0 Å². The van der Waals surface area contributed by atoms with Gasteiger partial charge in [-0.05, 0) is 87.0 Å². The molecule has 0 bridgehead atoms. The highest BCUT2D eigenvalue weighted by Crippen LogP contribution is 2.42. The Hall–Kier alpha value is -8.96. The number of fused-ring (bicyclic) bond motifs is 9. The fourth-order valence-electron chi connectivity index (χ4n) is 11.8. The van der Waals surface area contributed by atoms with Gasteiger partial charge >= 0.3 is 0 Å². The molecular formula is C66H45N3Si. The second kappa shape index (κ2) is 16.1. The van der Waals surface area contributed by atoms with Crippen molar-refractivity contribution in [3.8, 4) is 28.2 Å². The van der Waals surface area contributed by atoms with Crippen LogP contribution < -0.4 is 20.7 Å². The molecule has 0 saturated heterocycles. The molecule has 328 valence electrons. The fourth-order valence-corrected chi connectivity index (χ4v) is 16.6. The van der Waals surface area contributed by atoms with Gasteiger partial charge in [-0.15, -0.1) is 0 Å². The molecule has 0 aliphatic rings. The normalized spacial score (nSPS) is 12.0. The van der Waals surface area contributed by atoms with Gasteiger partial charge in [0.2, 0.25) is 0 Å². The van der Waals surface area contributed by atoms with Gasteiger partial charge < -0.3 is 13.7 Å². The van der Waals surface area contributed by atoms with Crippen LogP contribution in [0.4, 0.5) is 0 Å². The average Bonchev–Trinajstić information content (AvgIpc) is 4.08. The molecule has 0 radical (unpaired) electrons. The maximum absolute atomic E-state index is 2.80. The van der Waals surface area contributed by atoms with E-state index < -0.39 is 8.07 Å². The van der Waals surface area contributed by atoms with Gasteiger partial charge in [0.25, 0.3) is 0 Å². The SMILES string of the molecule is c1ccc(-n2c3ccccc3c3cccc(-c4ccc5c6ccccc6n(-c6ccc7c8ccccc8n(-c8cccc([Si](c9ccccc9)(c9ccccc9)c9ccccc9)c8)c7c6)c5c4)c32)cc1. The summed E-state index contributed by atoms with van der Waals surface area (Å²) in [6.45, 7) is 0. The number of nitrogens with zero attached hydrogens (tertiary/aromatic N) is 3. The summed E-state index contributed by atoms with van der Waals surface area (Å²) in [4.78, 5) is 0. The summed E-state index contributed by atoms with van der Waals surface area (Å²) < 4.78 is 7.42. The number of para-hydroxylation sites is 5. The van der Waals surface area contributed by atoms with Crippen LogP contribution in [0.1, 0.15) is 0 Å². The lowest BCUT2D eigenvalue weighted by Gasteiger charge is -2.34. The summed E-state index contributed by atoms with van der Waals surface area (Å²) in [5.41, 5.74) is 12.9. The predicted octanol–water partition coefficient (Wildman–Crippen LogP) is 14.0. The molecule has 0 saturated carbocycles. The summed E-state index contributed by atoms with van der Waals surface area (Å²) in [6.07, 6.45) is 0. The molecular weight excluding hydrogens is 863 g/mol. The Balaban J connectivity index is 1.00. The Morgan fingerprint density at radius 1 is 0.229 bits per heavy atom. The molecule has 0 aliphatic carbocycles. The fraction of sp³-hybridized carbons (Fsp3) is 0. The van der Waals surface area contributed by atoms with Gasteiger partial charge in [0.15, 0.2) is 8.07 Å². The summed E-state index contributed by atoms with van der Waals surface area (Å²) in [6, 6.07) is 101. The smallest absolute Gasteiger partial charge is 0.179 e. The number of hydrogen-bond acceptors (Lipinski definition) is 0. The van der Waals surface area contributed by atoms with E-state index in [1.54, 1.807) is 0 Å². The molecule has 0 spiro atoms. The highest BCUT2D eigenvalue weighted by molar-refractivity contribution is 7.19. The van der Waals surface area contributed by atoms with Gasteiger partial charge in [-0.2, -0.15) is 0 Å². The standard InChI is InChI=1S/C66H45N3Si/c1-5-21-47(22-6-1)69-63-38-18-15-33-57(63)60-35-20-34-54(66(60)69)46-39-41-58-55-31-13-17-37-62(55)68(64(58)43-46)49-40-42-59-56-32-14-16-36-61(56)67(65(59)45-49)48-23-19-30-53(44-48)70(50-24-7-2-8-25-50,51-26-9-3-10-27-51)52-28-11-4-12-29-52/h1-45H. The molecule has 0 unspecified atom stereocenters. The van der Waals surface area contributed by atoms with Gasteiger partial charge in [0, 0.05) is 54.9 Å². The van der Waals surface area contributed by atoms with Crippen LogP contribution >= 0.6 is 0 Å². The van der Waals surface area contributed by atoms with Crippen molar-refractivity contribution in [2.75, 3.05) is 0 Å². The Labute approximate surface area is 407 Å². The zero-order valence-electron chi connectivity index (χ0n) is 38.3. The minimum Gasteiger partial charge on any atom is -0.309 e. The molecule has 0 fully saturated rings. The maximum atomic E-state index is 2.50. The zero-order valence-corrected chi connectivity index (χ0v) is 39.3. The van der Waals surface area contributed by atoms with Crippen LogP contribution in [0.3, 0.4) is 0 Å². The van der Waals surface area contributed by atoms with Crippen LogP contribution in [0.15, 0.2) is 273 Å². The first-order valence-corrected chi connectivity index (χ1v) is 26.2. The van der Waals surface area contributed by atoms with Gasteiger partial charge in [0.05, 0.1) is 33.1 Å². The highest BCUT2D eigenvalue weighted by Gasteiger charge is 2.41. The molecule has 3 nitrogen and oxygen atoms in total. The van der Waals surface area contributed by atoms with Crippen molar-refractivity contribution in [2.24, 2.45) is 0 Å². The summed E-state index contributed by atoms with van der Waals surface area (Å²) in [7, 11) is -2.80. The van der Waals surface area contributed by atoms with Crippen LogP contribution in [-0.2, 0) is 0 Å². The van der Waals surface area contributed by atoms with Crippen molar-refractivity contribution in [1.82, 2.24) is 13.7 Å². The van der Waals surface area contributed by atoms with E-state index in [9.17, 15) is 0 Å². The summed E-state index contributed by atoms with van der Waals surface area (Å²) in [5, 5.41) is 12.8. The van der Waals surface area contributed by atoms with E-state index in [0.717, 1.165) is 17.1 Å². The molecule has 0 amide bonds. The van der Waals surface area contributed by atoms with E-state index in [-0.39, 0.29) is 0 Å². The van der Waals surface area contributed by atoms with Crippen LogP contribution in [0.25, 0.3) is 93.6 Å². The van der Waals surface area contributed by atoms with Crippen LogP contribution in [0.5, 0.6) is 0 Å². The molecule has 70 heavy (non-hydrogen) atoms. The Morgan fingerprint density at radius 3 is 1.21 bits per heavy atom. The highest BCUT2D eigenvalue weighted by atomic mass is 28.3. The molecule has 0 aliphatic heterocycles. The summed E-state index contributed by atoms with van der Waals surface area (Å²) >= 11 is 0. The second-order valence-corrected chi connectivity index (χ2v) is 22.2. The molecule has 4 heteroatoms. The molecule has 3 aromatic heterocycles. The minimum atomic E-state index is -2.80. The Bertz CT molecular complexity index is 4180. The van der Waals surface area contributed by atoms with E-state index in [1.165, 1.54) is 97.3 Å². The quantitative estimate of drug-likeness (QED) is 0.107. The lowest BCUT2D eigenvalue weighted by atomic mass is 10.0. The zero-order chi connectivity index (χ0) is 46.2. The van der Waals surface area contributed by atoms with E-state index >= 15 is 0 Å². The summed E-state index contributed by atoms with van der Waals surface area (Å²) in [5.74, 6) is 0. The lowest BCUT2D eigenvalue weighted by Crippen LogP contribution is -2.74. The first kappa shape index (κ1) is 40.1. The van der Waals surface area contributed by atoms with Crippen LogP contribution in [0, 0.1) is 0 Å². The topological polar surface area (TPSA) is 14.8 Å². The van der Waals surface area contributed by atoms with Crippen molar-refractivity contribution < 1.29 is 0 Å². The van der Waals surface area contributed by atoms with Crippen molar-refractivity contribution >= 4 is 94.2 Å². The van der Waals surface area contributed by atoms with E-state index in [4.69, 9.17) is 0 Å². The largest absolute Gasteiger partial charge is 0.309 e. The monoisotopic (exact) mass is 907 g/mol. The number of hydrogen-bond donors (Lipinski definition) is 0. The van der Waals surface area contributed by atoms with Crippen molar-refractivity contribution in [2.45, 2.75) is 0 Å². The third-order valence-electron chi connectivity index (χ3n) is 14.8. The van der Waals surface area contributed by atoms with E-state index in [0.29, 0.717) is 0 Å². The Kier molecular flexibility index (Phi) is 9.23. The average molecular weight is 908 g/mol. The van der Waals surface area contributed by atoms with Crippen LogP contribution in [0.2, 0.25) is 0 Å². The maximum Gasteiger partial charge on any atom is 0.179 e. The molecule has 0 atom stereocenters. The van der Waals surface area contributed by atoms with Gasteiger partial charge in [-0.3, -0.25) is 0 Å². The van der Waals surface area contributed by atoms with E-state index in [1.807, 2.05) is 0 Å². The van der Waals surface area contributed by atoms with Crippen LogP contribution in [-0.4, -0.2) is 21.8 Å². The second-order valence-electron chi connectivity index (χ2n) is 18.4. The first-order chi connectivity index (χ1) is 34.8. The van der Waals surface area contributed by atoms with E-state index in [2.05, 4.69) is 287 Å². The number of benzene rings is 11. The predicted molar refractivity (Wildman–Crippen MR) is 299 cm³/mol. The lowest BCUT2D eigenvalue weighted by molar-refractivity contribution is 1.16. The number of aromatic nitrogens is 3. The molecule has 3 heterocycles. The molecule has 11 aromatic carbocycles. The van der Waals surface area contributed by atoms with Gasteiger partial charge in [-0.1, -0.05) is 212 Å².